The van der Waals surface area contributed by atoms with Crippen LogP contribution in [0, 0.1) is 4.77 Å². The maximum Gasteiger partial charge on any atom is 0.261 e. The molecular weight excluding hydrogens is 344 g/mol. The van der Waals surface area contributed by atoms with E-state index in [2.05, 4.69) is 15.5 Å². The van der Waals surface area contributed by atoms with Crippen molar-refractivity contribution in [1.82, 2.24) is 20.1 Å². The van der Waals surface area contributed by atoms with Gasteiger partial charge in [-0.1, -0.05) is 12.1 Å². The average Bonchev–Trinajstić information content (AvgIpc) is 3.18. The third-order valence-corrected chi connectivity index (χ3v) is 5.50. The summed E-state index contributed by atoms with van der Waals surface area (Å²) >= 11 is 6.55. The fraction of sp³-hybridized carbons (Fsp3) is 0.188. The number of carbonyl (C=O) groups is 1. The fourth-order valence-corrected chi connectivity index (χ4v) is 3.86. The second-order valence-electron chi connectivity index (χ2n) is 5.44. The molecule has 1 aromatic carbocycles. The lowest BCUT2D eigenvalue weighted by Crippen LogP contribution is -2.23. The van der Waals surface area contributed by atoms with E-state index in [1.807, 2.05) is 37.4 Å². The number of nitrogens with one attached hydrogen (secondary N) is 2. The van der Waals surface area contributed by atoms with Crippen LogP contribution in [-0.4, -0.2) is 20.7 Å². The summed E-state index contributed by atoms with van der Waals surface area (Å²) in [7, 11) is 1.81. The summed E-state index contributed by atoms with van der Waals surface area (Å²) in [5, 5.41) is 9.68. The number of aromatic nitrogens is 3. The van der Waals surface area contributed by atoms with Crippen molar-refractivity contribution in [2.45, 2.75) is 13.2 Å². The molecule has 0 bridgehead atoms. The number of rotatable bonds is 3. The second-order valence-corrected chi connectivity index (χ2v) is 6.88. The minimum atomic E-state index is -0.124. The highest BCUT2D eigenvalue weighted by atomic mass is 32.1. The number of hydrogen-bond acceptors (Lipinski definition) is 5. The van der Waals surface area contributed by atoms with Crippen molar-refractivity contribution in [2.24, 2.45) is 7.05 Å². The minimum absolute atomic E-state index is 0.124. The number of amides is 1. The molecule has 0 atom stereocenters. The van der Waals surface area contributed by atoms with E-state index in [0.717, 1.165) is 21.8 Å². The first-order valence-corrected chi connectivity index (χ1v) is 8.59. The van der Waals surface area contributed by atoms with Crippen molar-refractivity contribution in [2.75, 3.05) is 0 Å². The van der Waals surface area contributed by atoms with Crippen LogP contribution in [0.15, 0.2) is 30.3 Å². The normalized spacial score (nSPS) is 12.2. The molecule has 24 heavy (non-hydrogen) atoms. The lowest BCUT2D eigenvalue weighted by molar-refractivity contribution is 0.0953. The number of nitrogens with zero attached hydrogens (tertiary/aromatic N) is 2. The Labute approximate surface area is 147 Å². The molecule has 3 aromatic rings. The molecule has 0 fully saturated rings. The smallest absolute Gasteiger partial charge is 0.261 e. The van der Waals surface area contributed by atoms with Gasteiger partial charge in [0.2, 0.25) is 0 Å². The lowest BCUT2D eigenvalue weighted by Gasteiger charge is -2.16. The van der Waals surface area contributed by atoms with Gasteiger partial charge in [0, 0.05) is 23.1 Å². The molecule has 0 saturated heterocycles. The summed E-state index contributed by atoms with van der Waals surface area (Å²) in [4.78, 5) is 14.2. The van der Waals surface area contributed by atoms with Crippen molar-refractivity contribution in [1.29, 1.82) is 0 Å². The maximum atomic E-state index is 12.5. The molecule has 6 nitrogen and oxygen atoms in total. The summed E-state index contributed by atoms with van der Waals surface area (Å²) in [5.74, 6) is 1.42. The zero-order valence-corrected chi connectivity index (χ0v) is 14.5. The Hall–Kier alpha value is -2.45. The molecule has 2 aromatic heterocycles. The van der Waals surface area contributed by atoms with Gasteiger partial charge in [-0.15, -0.1) is 11.3 Å². The summed E-state index contributed by atoms with van der Waals surface area (Å²) in [6, 6.07) is 9.78. The van der Waals surface area contributed by atoms with Crippen LogP contribution >= 0.6 is 23.6 Å². The Morgan fingerprint density at radius 3 is 3.12 bits per heavy atom. The van der Waals surface area contributed by atoms with E-state index in [0.29, 0.717) is 28.6 Å². The number of benzene rings is 1. The molecule has 0 unspecified atom stereocenters. The van der Waals surface area contributed by atoms with Crippen molar-refractivity contribution in [3.05, 3.63) is 51.4 Å². The number of fused-ring (bicyclic) bond motifs is 3. The largest absolute Gasteiger partial charge is 0.488 e. The SMILES string of the molecule is Cn1c(CNC(=O)c2cc3c(s2)-c2ccccc2OC3)n[nH]c1=S. The fourth-order valence-electron chi connectivity index (χ4n) is 2.60. The molecule has 122 valence electrons. The van der Waals surface area contributed by atoms with E-state index < -0.39 is 0 Å². The molecule has 4 rings (SSSR count). The van der Waals surface area contributed by atoms with Crippen LogP contribution in [0.25, 0.3) is 10.4 Å². The third-order valence-electron chi connectivity index (χ3n) is 3.93. The van der Waals surface area contributed by atoms with Gasteiger partial charge in [0.25, 0.3) is 5.91 Å². The molecule has 0 spiro atoms. The first-order chi connectivity index (χ1) is 11.6. The topological polar surface area (TPSA) is 71.9 Å². The van der Waals surface area contributed by atoms with E-state index in [-0.39, 0.29) is 5.91 Å². The van der Waals surface area contributed by atoms with E-state index in [9.17, 15) is 4.79 Å². The lowest BCUT2D eigenvalue weighted by atomic mass is 10.1. The standard InChI is InChI=1S/C16H14N4O2S2/c1-20-13(18-19-16(20)23)7-17-15(21)12-6-9-8-22-11-5-3-2-4-10(11)14(9)24-12/h2-6H,7-8H2,1H3,(H,17,21)(H,19,23). The van der Waals surface area contributed by atoms with Crippen LogP contribution in [0.3, 0.4) is 0 Å². The van der Waals surface area contributed by atoms with Crippen LogP contribution in [0.5, 0.6) is 5.75 Å². The molecule has 1 aliphatic rings. The van der Waals surface area contributed by atoms with Gasteiger partial charge in [-0.3, -0.25) is 9.89 Å². The number of aromatic amines is 1. The van der Waals surface area contributed by atoms with Crippen molar-refractivity contribution in [3.63, 3.8) is 0 Å². The highest BCUT2D eigenvalue weighted by molar-refractivity contribution is 7.71. The van der Waals surface area contributed by atoms with E-state index in [1.165, 1.54) is 11.3 Å². The third kappa shape index (κ3) is 2.53. The van der Waals surface area contributed by atoms with Crippen molar-refractivity contribution in [3.8, 4) is 16.2 Å². The van der Waals surface area contributed by atoms with Crippen LogP contribution in [0.1, 0.15) is 21.1 Å². The first kappa shape index (κ1) is 15.1. The van der Waals surface area contributed by atoms with E-state index >= 15 is 0 Å². The van der Waals surface area contributed by atoms with Gasteiger partial charge < -0.3 is 14.6 Å². The molecule has 1 aliphatic heterocycles. The number of thiophene rings is 1. The summed E-state index contributed by atoms with van der Waals surface area (Å²) < 4.78 is 8.00. The number of hydrogen-bond donors (Lipinski definition) is 2. The van der Waals surface area contributed by atoms with Crippen molar-refractivity contribution >= 4 is 29.5 Å². The van der Waals surface area contributed by atoms with Gasteiger partial charge in [-0.25, -0.2) is 0 Å². The van der Waals surface area contributed by atoms with Crippen molar-refractivity contribution < 1.29 is 9.53 Å². The van der Waals surface area contributed by atoms with Gasteiger partial charge in [0.1, 0.15) is 12.4 Å². The highest BCUT2D eigenvalue weighted by Crippen LogP contribution is 2.42. The number of para-hydroxylation sites is 1. The summed E-state index contributed by atoms with van der Waals surface area (Å²) in [6.07, 6.45) is 0. The molecule has 3 heterocycles. The minimum Gasteiger partial charge on any atom is -0.488 e. The predicted octanol–water partition coefficient (Wildman–Crippen LogP) is 3.03. The Kier molecular flexibility index (Phi) is 3.70. The Bertz CT molecular complexity index is 986. The monoisotopic (exact) mass is 358 g/mol. The van der Waals surface area contributed by atoms with E-state index in [4.69, 9.17) is 17.0 Å². The summed E-state index contributed by atoms with van der Waals surface area (Å²) in [6.45, 7) is 0.807. The van der Waals surface area contributed by atoms with Gasteiger partial charge in [-0.05, 0) is 30.4 Å². The second kappa shape index (κ2) is 5.88. The number of H-pyrrole nitrogens is 1. The highest BCUT2D eigenvalue weighted by Gasteiger charge is 2.22. The number of carbonyl (C=O) groups excluding carboxylic acids is 1. The van der Waals surface area contributed by atoms with Gasteiger partial charge in [-0.2, -0.15) is 5.10 Å². The molecule has 0 aliphatic carbocycles. The van der Waals surface area contributed by atoms with Crippen LogP contribution < -0.4 is 10.1 Å². The molecule has 2 N–H and O–H groups in total. The first-order valence-electron chi connectivity index (χ1n) is 7.37. The Morgan fingerprint density at radius 2 is 2.33 bits per heavy atom. The van der Waals surface area contributed by atoms with E-state index in [1.54, 1.807) is 4.57 Å². The average molecular weight is 358 g/mol. The van der Waals surface area contributed by atoms with Gasteiger partial charge in [0.15, 0.2) is 10.6 Å². The molecule has 0 radical (unpaired) electrons. The Morgan fingerprint density at radius 1 is 1.50 bits per heavy atom. The number of ether oxygens (including phenoxy) is 1. The zero-order valence-electron chi connectivity index (χ0n) is 12.8. The molecule has 1 amide bonds. The predicted molar refractivity (Wildman–Crippen MR) is 93.6 cm³/mol. The zero-order chi connectivity index (χ0) is 16.7. The van der Waals surface area contributed by atoms with Crippen LogP contribution in [0.2, 0.25) is 0 Å². The molecular formula is C16H14N4O2S2. The quantitative estimate of drug-likeness (QED) is 0.706. The van der Waals surface area contributed by atoms with Gasteiger partial charge in [0.05, 0.1) is 11.4 Å². The van der Waals surface area contributed by atoms with Gasteiger partial charge >= 0.3 is 0 Å². The molecule has 8 heteroatoms. The van der Waals surface area contributed by atoms with Crippen LogP contribution in [0.4, 0.5) is 0 Å². The molecule has 0 saturated carbocycles. The van der Waals surface area contributed by atoms with Crippen LogP contribution in [-0.2, 0) is 20.2 Å². The Balaban J connectivity index is 1.56. The summed E-state index contributed by atoms with van der Waals surface area (Å²) in [5.41, 5.74) is 2.08. The maximum absolute atomic E-state index is 12.5.